The predicted octanol–water partition coefficient (Wildman–Crippen LogP) is 3.32. The zero-order valence-corrected chi connectivity index (χ0v) is 14.8. The first-order chi connectivity index (χ1) is 11.1. The molecular weight excluding hydrogens is 330 g/mol. The van der Waals surface area contributed by atoms with E-state index in [0.717, 1.165) is 23.3 Å². The molecule has 1 aliphatic rings. The summed E-state index contributed by atoms with van der Waals surface area (Å²) in [5, 5.41) is 5.20. The number of nitrogens with one attached hydrogen (secondary N) is 1. The zero-order chi connectivity index (χ0) is 16.4. The number of hydrogen-bond acceptors (Lipinski definition) is 5. The van der Waals surface area contributed by atoms with Crippen molar-refractivity contribution in [2.45, 2.75) is 39.2 Å². The maximum atomic E-state index is 12.8. The smallest absolute Gasteiger partial charge is 0.264 e. The molecule has 0 unspecified atom stereocenters. The van der Waals surface area contributed by atoms with Crippen molar-refractivity contribution in [1.29, 1.82) is 0 Å². The lowest BCUT2D eigenvalue weighted by Crippen LogP contribution is -2.42. The predicted molar refractivity (Wildman–Crippen MR) is 93.2 cm³/mol. The van der Waals surface area contributed by atoms with Gasteiger partial charge in [0.1, 0.15) is 6.04 Å². The van der Waals surface area contributed by atoms with Crippen LogP contribution in [0.2, 0.25) is 0 Å². The number of likely N-dealkylation sites (tertiary alicyclic amines) is 1. The molecule has 2 aromatic heterocycles. The number of carbonyl (C=O) groups excluding carboxylic acids is 2. The standard InChI is InChI=1S/C16H19N3O2S2/c1-3-12-10(2)9-13(23-12)15(21)19-7-4-5-11(19)14(20)18-16-17-6-8-22-16/h6,8-9,11H,3-5,7H2,1-2H3,(H,17,18,20)/t11-/m0/s1. The van der Waals surface area contributed by atoms with Crippen molar-refractivity contribution in [2.24, 2.45) is 0 Å². The van der Waals surface area contributed by atoms with Gasteiger partial charge in [0.25, 0.3) is 5.91 Å². The first-order valence-electron chi connectivity index (χ1n) is 7.70. The third-order valence-electron chi connectivity index (χ3n) is 4.03. The SMILES string of the molecule is CCc1sc(C(=O)N2CCC[C@H]2C(=O)Nc2nccs2)cc1C. The van der Waals surface area contributed by atoms with Gasteiger partial charge in [0.15, 0.2) is 5.13 Å². The van der Waals surface area contributed by atoms with E-state index in [2.05, 4.69) is 17.2 Å². The molecule has 0 radical (unpaired) electrons. The van der Waals surface area contributed by atoms with Crippen LogP contribution in [0.1, 0.15) is 39.9 Å². The highest BCUT2D eigenvalue weighted by Crippen LogP contribution is 2.27. The van der Waals surface area contributed by atoms with Crippen LogP contribution in [0.4, 0.5) is 5.13 Å². The molecule has 0 aliphatic carbocycles. The second kappa shape index (κ2) is 6.80. The van der Waals surface area contributed by atoms with E-state index in [4.69, 9.17) is 0 Å². The molecule has 0 aromatic carbocycles. The van der Waals surface area contributed by atoms with E-state index in [1.807, 2.05) is 18.4 Å². The molecule has 2 amide bonds. The lowest BCUT2D eigenvalue weighted by atomic mass is 10.2. The van der Waals surface area contributed by atoms with Gasteiger partial charge in [0.05, 0.1) is 4.88 Å². The Morgan fingerprint density at radius 1 is 1.48 bits per heavy atom. The molecule has 5 nitrogen and oxygen atoms in total. The van der Waals surface area contributed by atoms with Crippen molar-refractivity contribution in [2.75, 3.05) is 11.9 Å². The first-order valence-corrected chi connectivity index (χ1v) is 9.40. The number of hydrogen-bond donors (Lipinski definition) is 1. The Morgan fingerprint density at radius 3 is 2.96 bits per heavy atom. The fraction of sp³-hybridized carbons (Fsp3) is 0.438. The number of carbonyl (C=O) groups is 2. The molecule has 1 aliphatic heterocycles. The molecule has 0 saturated carbocycles. The van der Waals surface area contributed by atoms with Crippen LogP contribution in [-0.2, 0) is 11.2 Å². The second-order valence-corrected chi connectivity index (χ2v) is 7.58. The van der Waals surface area contributed by atoms with Gasteiger partial charge in [-0.2, -0.15) is 0 Å². The van der Waals surface area contributed by atoms with Crippen molar-refractivity contribution in [3.8, 4) is 0 Å². The van der Waals surface area contributed by atoms with Gasteiger partial charge in [-0.3, -0.25) is 9.59 Å². The summed E-state index contributed by atoms with van der Waals surface area (Å²) in [5.74, 6) is -0.176. The number of aryl methyl sites for hydroxylation is 2. The van der Waals surface area contributed by atoms with Crippen molar-refractivity contribution in [3.05, 3.63) is 33.0 Å². The maximum Gasteiger partial charge on any atom is 0.264 e. The van der Waals surface area contributed by atoms with Crippen LogP contribution in [0.3, 0.4) is 0 Å². The summed E-state index contributed by atoms with van der Waals surface area (Å²) in [6.07, 6.45) is 4.14. The Labute approximate surface area is 143 Å². The van der Waals surface area contributed by atoms with Crippen LogP contribution in [0.5, 0.6) is 0 Å². The van der Waals surface area contributed by atoms with Crippen molar-refractivity contribution in [1.82, 2.24) is 9.88 Å². The average molecular weight is 349 g/mol. The molecule has 3 rings (SSSR count). The molecule has 0 bridgehead atoms. The highest BCUT2D eigenvalue weighted by Gasteiger charge is 2.35. The maximum absolute atomic E-state index is 12.8. The highest BCUT2D eigenvalue weighted by molar-refractivity contribution is 7.14. The van der Waals surface area contributed by atoms with Gasteiger partial charge >= 0.3 is 0 Å². The Bertz CT molecular complexity index is 709. The lowest BCUT2D eigenvalue weighted by Gasteiger charge is -2.22. The minimum atomic E-state index is -0.404. The summed E-state index contributed by atoms with van der Waals surface area (Å²) >= 11 is 2.92. The van der Waals surface area contributed by atoms with Crippen molar-refractivity contribution >= 4 is 39.6 Å². The van der Waals surface area contributed by atoms with E-state index in [9.17, 15) is 9.59 Å². The third-order valence-corrected chi connectivity index (χ3v) is 6.09. The van der Waals surface area contributed by atoms with Crippen LogP contribution in [-0.4, -0.2) is 34.3 Å². The topological polar surface area (TPSA) is 62.3 Å². The van der Waals surface area contributed by atoms with Gasteiger partial charge in [0, 0.05) is 23.0 Å². The number of rotatable bonds is 4. The molecular formula is C16H19N3O2S2. The third kappa shape index (κ3) is 3.30. The molecule has 1 saturated heterocycles. The molecule has 7 heteroatoms. The van der Waals surface area contributed by atoms with E-state index < -0.39 is 6.04 Å². The van der Waals surface area contributed by atoms with Crippen LogP contribution in [0.25, 0.3) is 0 Å². The Morgan fingerprint density at radius 2 is 2.30 bits per heavy atom. The Kier molecular flexibility index (Phi) is 4.77. The largest absolute Gasteiger partial charge is 0.326 e. The normalized spacial score (nSPS) is 17.5. The van der Waals surface area contributed by atoms with Crippen LogP contribution < -0.4 is 5.32 Å². The second-order valence-electron chi connectivity index (χ2n) is 5.55. The molecule has 1 atom stereocenters. The quantitative estimate of drug-likeness (QED) is 0.921. The number of aromatic nitrogens is 1. The number of thiazole rings is 1. The van der Waals surface area contributed by atoms with E-state index >= 15 is 0 Å². The Hall–Kier alpha value is -1.73. The Balaban J connectivity index is 1.75. The van der Waals surface area contributed by atoms with Gasteiger partial charge in [0.2, 0.25) is 5.91 Å². The number of amides is 2. The molecule has 1 N–H and O–H groups in total. The molecule has 3 heterocycles. The van der Waals surface area contributed by atoms with E-state index in [-0.39, 0.29) is 11.8 Å². The van der Waals surface area contributed by atoms with Gasteiger partial charge in [-0.1, -0.05) is 6.92 Å². The average Bonchev–Trinajstić information content (AvgIpc) is 3.26. The van der Waals surface area contributed by atoms with Gasteiger partial charge in [-0.15, -0.1) is 22.7 Å². The van der Waals surface area contributed by atoms with Crippen LogP contribution in [0.15, 0.2) is 17.6 Å². The number of nitrogens with zero attached hydrogens (tertiary/aromatic N) is 2. The summed E-state index contributed by atoms with van der Waals surface area (Å²) in [7, 11) is 0. The summed E-state index contributed by atoms with van der Waals surface area (Å²) < 4.78 is 0. The van der Waals surface area contributed by atoms with E-state index in [0.29, 0.717) is 18.1 Å². The molecule has 2 aromatic rings. The fourth-order valence-corrected chi connectivity index (χ4v) is 4.48. The number of anilines is 1. The summed E-state index contributed by atoms with van der Waals surface area (Å²) in [5.41, 5.74) is 1.16. The minimum absolute atomic E-state index is 0.0328. The van der Waals surface area contributed by atoms with E-state index in [1.165, 1.54) is 16.2 Å². The zero-order valence-electron chi connectivity index (χ0n) is 13.2. The molecule has 0 spiro atoms. The van der Waals surface area contributed by atoms with Crippen molar-refractivity contribution < 1.29 is 9.59 Å². The van der Waals surface area contributed by atoms with Gasteiger partial charge in [-0.25, -0.2) is 4.98 Å². The van der Waals surface area contributed by atoms with E-state index in [1.54, 1.807) is 22.4 Å². The minimum Gasteiger partial charge on any atom is -0.326 e. The van der Waals surface area contributed by atoms with Crippen molar-refractivity contribution in [3.63, 3.8) is 0 Å². The van der Waals surface area contributed by atoms with Crippen LogP contribution in [0, 0.1) is 6.92 Å². The van der Waals surface area contributed by atoms with Crippen LogP contribution >= 0.6 is 22.7 Å². The summed E-state index contributed by atoms with van der Waals surface area (Å²) in [6.45, 7) is 4.75. The first kappa shape index (κ1) is 16.1. The molecule has 23 heavy (non-hydrogen) atoms. The molecule has 122 valence electrons. The number of thiophene rings is 1. The monoisotopic (exact) mass is 349 g/mol. The molecule has 1 fully saturated rings. The van der Waals surface area contributed by atoms with Gasteiger partial charge < -0.3 is 10.2 Å². The lowest BCUT2D eigenvalue weighted by molar-refractivity contribution is -0.119. The summed E-state index contributed by atoms with van der Waals surface area (Å²) in [4.78, 5) is 33.0. The summed E-state index contributed by atoms with van der Waals surface area (Å²) in [6, 6.07) is 1.54. The fourth-order valence-electron chi connectivity index (χ4n) is 2.87. The van der Waals surface area contributed by atoms with Gasteiger partial charge in [-0.05, 0) is 37.8 Å². The highest BCUT2D eigenvalue weighted by atomic mass is 32.1.